The Balaban J connectivity index is 3.43. The van der Waals surface area contributed by atoms with E-state index in [1.54, 1.807) is 0 Å². The standard InChI is InChI=1S/C5H8FNO3/c1-7(10-6)4-2-3-5(8)9/h2-3H,4H2,1H3,(H,8,9)/b3-2+. The van der Waals surface area contributed by atoms with Gasteiger partial charge in [-0.1, -0.05) is 11.1 Å². The molecule has 0 amide bonds. The van der Waals surface area contributed by atoms with E-state index >= 15 is 0 Å². The molecule has 0 bridgehead atoms. The fourth-order valence-corrected chi connectivity index (χ4v) is 0.330. The molecule has 5 heteroatoms. The normalized spacial score (nSPS) is 11.1. The molecule has 0 unspecified atom stereocenters. The number of hydrogen-bond acceptors (Lipinski definition) is 3. The lowest BCUT2D eigenvalue weighted by Crippen LogP contribution is -2.14. The van der Waals surface area contributed by atoms with Crippen LogP contribution in [-0.4, -0.2) is 29.7 Å². The molecule has 1 N–H and O–H groups in total. The van der Waals surface area contributed by atoms with Crippen molar-refractivity contribution in [1.29, 1.82) is 0 Å². The SMILES string of the molecule is CN(C/C=C/C(=O)O)OF. The van der Waals surface area contributed by atoms with Gasteiger partial charge in [-0.05, 0) is 4.53 Å². The largest absolute Gasteiger partial charge is 0.478 e. The van der Waals surface area contributed by atoms with E-state index in [0.717, 1.165) is 11.1 Å². The first-order valence-electron chi connectivity index (χ1n) is 2.56. The quantitative estimate of drug-likeness (QED) is 0.463. The van der Waals surface area contributed by atoms with Gasteiger partial charge in [0.2, 0.25) is 0 Å². The summed E-state index contributed by atoms with van der Waals surface area (Å²) in [4.78, 5) is 9.83. The molecule has 0 aromatic rings. The number of aliphatic carboxylic acids is 1. The van der Waals surface area contributed by atoms with Gasteiger partial charge in [-0.3, -0.25) is 0 Å². The summed E-state index contributed by atoms with van der Waals surface area (Å²) in [7, 11) is 1.34. The molecule has 0 aliphatic carbocycles. The Kier molecular flexibility index (Phi) is 4.43. The van der Waals surface area contributed by atoms with Crippen LogP contribution in [0.4, 0.5) is 4.53 Å². The molecule has 0 aromatic carbocycles. The van der Waals surface area contributed by atoms with Gasteiger partial charge in [-0.25, -0.2) is 4.79 Å². The Morgan fingerprint density at radius 1 is 1.90 bits per heavy atom. The molecule has 0 saturated heterocycles. The van der Waals surface area contributed by atoms with Gasteiger partial charge < -0.3 is 5.11 Å². The molecule has 0 aliphatic rings. The zero-order valence-corrected chi connectivity index (χ0v) is 5.45. The minimum atomic E-state index is -1.06. The Morgan fingerprint density at radius 2 is 2.50 bits per heavy atom. The van der Waals surface area contributed by atoms with E-state index in [1.165, 1.54) is 13.1 Å². The molecule has 0 fully saturated rings. The lowest BCUT2D eigenvalue weighted by molar-refractivity contribution is -0.306. The molecule has 0 atom stereocenters. The Hall–Kier alpha value is -0.940. The van der Waals surface area contributed by atoms with Gasteiger partial charge in [-0.2, -0.15) is 5.06 Å². The van der Waals surface area contributed by atoms with Gasteiger partial charge in [-0.15, -0.1) is 0 Å². The zero-order valence-electron chi connectivity index (χ0n) is 5.45. The average Bonchev–Trinajstić information content (AvgIpc) is 1.87. The fraction of sp³-hybridized carbons (Fsp3) is 0.400. The van der Waals surface area contributed by atoms with Gasteiger partial charge in [0.05, 0.1) is 0 Å². The highest BCUT2D eigenvalue weighted by Crippen LogP contribution is 1.85. The van der Waals surface area contributed by atoms with Crippen LogP contribution in [0.15, 0.2) is 12.2 Å². The third-order valence-corrected chi connectivity index (χ3v) is 0.741. The molecule has 0 heterocycles. The summed E-state index contributed by atoms with van der Waals surface area (Å²) in [6, 6.07) is 0. The summed E-state index contributed by atoms with van der Waals surface area (Å²) in [5.41, 5.74) is 0. The molecule has 0 spiro atoms. The van der Waals surface area contributed by atoms with E-state index < -0.39 is 5.97 Å². The van der Waals surface area contributed by atoms with Crippen molar-refractivity contribution in [2.24, 2.45) is 0 Å². The first-order chi connectivity index (χ1) is 4.66. The monoisotopic (exact) mass is 149 g/mol. The summed E-state index contributed by atoms with van der Waals surface area (Å²) in [6.07, 6.45) is 2.18. The number of nitrogens with zero attached hydrogens (tertiary/aromatic N) is 1. The minimum Gasteiger partial charge on any atom is -0.478 e. The first-order valence-corrected chi connectivity index (χ1v) is 2.56. The number of hydrogen-bond donors (Lipinski definition) is 1. The number of hydroxylamine groups is 2. The van der Waals surface area contributed by atoms with Crippen molar-refractivity contribution in [3.8, 4) is 0 Å². The van der Waals surface area contributed by atoms with Crippen LogP contribution in [0.25, 0.3) is 0 Å². The molecule has 0 radical (unpaired) electrons. The van der Waals surface area contributed by atoms with Crippen LogP contribution >= 0.6 is 0 Å². The highest BCUT2D eigenvalue weighted by Gasteiger charge is 1.92. The van der Waals surface area contributed by atoms with Crippen molar-refractivity contribution in [2.75, 3.05) is 13.6 Å². The highest BCUT2D eigenvalue weighted by atomic mass is 19.3. The predicted molar refractivity (Wildman–Crippen MR) is 31.6 cm³/mol. The van der Waals surface area contributed by atoms with Crippen LogP contribution in [0, 0.1) is 0 Å². The third-order valence-electron chi connectivity index (χ3n) is 0.741. The number of carbonyl (C=O) groups is 1. The number of likely N-dealkylation sites (N-methyl/N-ethyl adjacent to an activating group) is 1. The molecular weight excluding hydrogens is 141 g/mol. The molecule has 4 nitrogen and oxygen atoms in total. The van der Waals surface area contributed by atoms with Crippen LogP contribution in [0.3, 0.4) is 0 Å². The van der Waals surface area contributed by atoms with E-state index in [1.807, 2.05) is 0 Å². The van der Waals surface area contributed by atoms with E-state index in [-0.39, 0.29) is 6.54 Å². The van der Waals surface area contributed by atoms with Crippen LogP contribution in [-0.2, 0) is 9.84 Å². The second-order valence-electron chi connectivity index (χ2n) is 1.62. The van der Waals surface area contributed by atoms with Crippen molar-refractivity contribution in [1.82, 2.24) is 5.06 Å². The zero-order chi connectivity index (χ0) is 7.98. The Bertz CT molecular complexity index is 137. The molecule has 10 heavy (non-hydrogen) atoms. The molecule has 0 rings (SSSR count). The summed E-state index contributed by atoms with van der Waals surface area (Å²) >= 11 is 0. The molecule has 58 valence electrons. The summed E-state index contributed by atoms with van der Waals surface area (Å²) < 4.78 is 11.2. The summed E-state index contributed by atoms with van der Waals surface area (Å²) in [6.45, 7) is 0.100. The molecule has 0 saturated carbocycles. The van der Waals surface area contributed by atoms with E-state index in [2.05, 4.69) is 5.04 Å². The molecule has 0 aromatic heterocycles. The number of halogens is 1. The second kappa shape index (κ2) is 4.89. The van der Waals surface area contributed by atoms with Crippen molar-refractivity contribution in [2.45, 2.75) is 0 Å². The van der Waals surface area contributed by atoms with Crippen LogP contribution < -0.4 is 0 Å². The van der Waals surface area contributed by atoms with Crippen molar-refractivity contribution >= 4 is 5.97 Å². The lowest BCUT2D eigenvalue weighted by atomic mass is 10.5. The second-order valence-corrected chi connectivity index (χ2v) is 1.62. The maximum absolute atomic E-state index is 11.2. The molecule has 0 aliphatic heterocycles. The predicted octanol–water partition coefficient (Wildman–Crippen LogP) is 0.375. The maximum atomic E-state index is 11.2. The lowest BCUT2D eigenvalue weighted by Gasteiger charge is -2.03. The number of rotatable bonds is 4. The van der Waals surface area contributed by atoms with E-state index in [0.29, 0.717) is 0 Å². The van der Waals surface area contributed by atoms with Crippen molar-refractivity contribution < 1.29 is 19.5 Å². The van der Waals surface area contributed by atoms with Gasteiger partial charge in [0.15, 0.2) is 0 Å². The van der Waals surface area contributed by atoms with E-state index in [9.17, 15) is 9.32 Å². The third kappa shape index (κ3) is 5.20. The maximum Gasteiger partial charge on any atom is 0.328 e. The summed E-state index contributed by atoms with van der Waals surface area (Å²) in [5, 5.41) is 12.1. The van der Waals surface area contributed by atoms with Crippen molar-refractivity contribution in [3.63, 3.8) is 0 Å². The average molecular weight is 149 g/mol. The number of carboxylic acids is 1. The fourth-order valence-electron chi connectivity index (χ4n) is 0.330. The van der Waals surface area contributed by atoms with Crippen LogP contribution in [0.1, 0.15) is 0 Å². The Morgan fingerprint density at radius 3 is 2.90 bits per heavy atom. The van der Waals surface area contributed by atoms with Gasteiger partial charge in [0.25, 0.3) is 0 Å². The van der Waals surface area contributed by atoms with Crippen LogP contribution in [0.2, 0.25) is 0 Å². The van der Waals surface area contributed by atoms with Crippen molar-refractivity contribution in [3.05, 3.63) is 12.2 Å². The topological polar surface area (TPSA) is 49.8 Å². The smallest absolute Gasteiger partial charge is 0.328 e. The minimum absolute atomic E-state index is 0.100. The van der Waals surface area contributed by atoms with E-state index in [4.69, 9.17) is 5.11 Å². The van der Waals surface area contributed by atoms with Gasteiger partial charge >= 0.3 is 5.97 Å². The number of carboxylic acid groups (broad SMARTS) is 1. The van der Waals surface area contributed by atoms with Gasteiger partial charge in [0.1, 0.15) is 0 Å². The van der Waals surface area contributed by atoms with Crippen LogP contribution in [0.5, 0.6) is 0 Å². The Labute approximate surface area is 57.4 Å². The summed E-state index contributed by atoms with van der Waals surface area (Å²) in [5.74, 6) is -1.06. The molecular formula is C5H8FNO3. The first kappa shape index (κ1) is 9.06. The van der Waals surface area contributed by atoms with Gasteiger partial charge in [0, 0.05) is 19.7 Å². The highest BCUT2D eigenvalue weighted by molar-refractivity contribution is 5.79.